The zero-order valence-corrected chi connectivity index (χ0v) is 11.0. The normalized spacial score (nSPS) is 17.0. The van der Waals surface area contributed by atoms with Crippen LogP contribution in [-0.2, 0) is 19.5 Å². The number of nitrogens with zero attached hydrogens (tertiary/aromatic N) is 2. The Kier molecular flexibility index (Phi) is 2.16. The Morgan fingerprint density at radius 2 is 2.20 bits per heavy atom. The summed E-state index contributed by atoms with van der Waals surface area (Å²) in [6.45, 7) is 5.83. The largest absolute Gasteiger partial charge is 0.465 e. The van der Waals surface area contributed by atoms with Crippen LogP contribution >= 0.6 is 0 Å². The number of hydrogen-bond acceptors (Lipinski definition) is 2. The summed E-state index contributed by atoms with van der Waals surface area (Å²) in [6, 6.07) is 6.13. The minimum Gasteiger partial charge on any atom is -0.465 e. The molecule has 3 heterocycles. The quantitative estimate of drug-likeness (QED) is 0.773. The fourth-order valence-corrected chi connectivity index (χ4v) is 3.36. The summed E-state index contributed by atoms with van der Waals surface area (Å²) in [5.41, 5.74) is 5.62. The average molecular weight is 269 g/mol. The summed E-state index contributed by atoms with van der Waals surface area (Å²) in [7, 11) is 0. The molecule has 2 aliphatic rings. The van der Waals surface area contributed by atoms with Crippen molar-refractivity contribution in [1.29, 1.82) is 0 Å². The molecule has 2 aliphatic heterocycles. The lowest BCUT2D eigenvalue weighted by molar-refractivity contribution is 0.139. The van der Waals surface area contributed by atoms with E-state index in [0.29, 0.717) is 13.1 Å². The van der Waals surface area contributed by atoms with E-state index in [1.165, 1.54) is 16.1 Å². The first kappa shape index (κ1) is 11.4. The van der Waals surface area contributed by atoms with Gasteiger partial charge in [0.25, 0.3) is 0 Å². The molecule has 5 heteroatoms. The average Bonchev–Trinajstić information content (AvgIpc) is 2.74. The lowest BCUT2D eigenvalue weighted by Crippen LogP contribution is -2.35. The van der Waals surface area contributed by atoms with E-state index in [1.807, 2.05) is 12.1 Å². The van der Waals surface area contributed by atoms with Crippen LogP contribution < -0.4 is 5.32 Å². The molecule has 1 aromatic carbocycles. The minimum atomic E-state index is -0.842. The Morgan fingerprint density at radius 1 is 1.35 bits per heavy atom. The molecule has 1 aromatic heterocycles. The second kappa shape index (κ2) is 3.79. The fraction of sp³-hybridized carbons (Fsp3) is 0.267. The summed E-state index contributed by atoms with van der Waals surface area (Å²) in [4.78, 5) is 12.7. The molecule has 4 rings (SSSR count). The van der Waals surface area contributed by atoms with Crippen LogP contribution in [0.4, 0.5) is 10.5 Å². The van der Waals surface area contributed by atoms with Gasteiger partial charge in [0, 0.05) is 35.3 Å². The smallest absolute Gasteiger partial charge is 0.407 e. The third kappa shape index (κ3) is 1.40. The number of aromatic nitrogens is 1. The van der Waals surface area contributed by atoms with Crippen molar-refractivity contribution in [1.82, 2.24) is 9.47 Å². The Balaban J connectivity index is 1.97. The molecule has 0 bridgehead atoms. The van der Waals surface area contributed by atoms with Crippen molar-refractivity contribution < 1.29 is 9.90 Å². The first-order valence-corrected chi connectivity index (χ1v) is 6.71. The molecule has 0 atom stereocenters. The van der Waals surface area contributed by atoms with Crippen LogP contribution in [0.1, 0.15) is 11.3 Å². The van der Waals surface area contributed by atoms with E-state index in [4.69, 9.17) is 0 Å². The Bertz CT molecular complexity index is 760. The highest BCUT2D eigenvalue weighted by atomic mass is 16.4. The molecular formula is C15H15N3O2. The van der Waals surface area contributed by atoms with Crippen molar-refractivity contribution in [3.05, 3.63) is 41.7 Å². The van der Waals surface area contributed by atoms with Crippen molar-refractivity contribution in [2.45, 2.75) is 19.5 Å². The molecule has 0 fully saturated rings. The van der Waals surface area contributed by atoms with Crippen LogP contribution in [0.3, 0.4) is 0 Å². The molecule has 20 heavy (non-hydrogen) atoms. The number of amides is 1. The van der Waals surface area contributed by atoms with Gasteiger partial charge in [0.15, 0.2) is 0 Å². The topological polar surface area (TPSA) is 57.5 Å². The van der Waals surface area contributed by atoms with Crippen LogP contribution in [0.15, 0.2) is 30.5 Å². The zero-order chi connectivity index (χ0) is 13.9. The van der Waals surface area contributed by atoms with Crippen molar-refractivity contribution in [3.8, 4) is 0 Å². The Labute approximate surface area is 116 Å². The fourth-order valence-electron chi connectivity index (χ4n) is 3.36. The number of nitrogens with one attached hydrogen (secondary N) is 1. The molecule has 0 saturated heterocycles. The maximum atomic E-state index is 11.2. The lowest BCUT2D eigenvalue weighted by Gasteiger charge is -2.26. The van der Waals surface area contributed by atoms with Gasteiger partial charge in [-0.3, -0.25) is 0 Å². The summed E-state index contributed by atoms with van der Waals surface area (Å²) in [5, 5.41) is 13.7. The SMILES string of the molecule is C=C1Cn2c3c(c4cccc(c42)N1)CN(C(=O)O)CC3. The Morgan fingerprint density at radius 3 is 3.00 bits per heavy atom. The molecule has 0 saturated carbocycles. The number of allylic oxidation sites excluding steroid dienone is 1. The molecule has 2 N–H and O–H groups in total. The first-order chi connectivity index (χ1) is 9.65. The maximum absolute atomic E-state index is 11.2. The third-order valence-corrected chi connectivity index (χ3v) is 4.20. The van der Waals surface area contributed by atoms with Crippen molar-refractivity contribution in [3.63, 3.8) is 0 Å². The standard InChI is InChI=1S/C15H15N3O2/c1-9-7-18-13-5-6-17(15(19)20)8-11(13)10-3-2-4-12(16-9)14(10)18/h2-4,16H,1,5-8H2,(H,19,20). The number of rotatable bonds is 0. The molecular weight excluding hydrogens is 254 g/mol. The van der Waals surface area contributed by atoms with Gasteiger partial charge in [-0.15, -0.1) is 0 Å². The van der Waals surface area contributed by atoms with Gasteiger partial charge in [0.2, 0.25) is 0 Å². The monoisotopic (exact) mass is 269 g/mol. The highest BCUT2D eigenvalue weighted by Gasteiger charge is 2.28. The number of benzene rings is 1. The van der Waals surface area contributed by atoms with E-state index >= 15 is 0 Å². The maximum Gasteiger partial charge on any atom is 0.407 e. The van der Waals surface area contributed by atoms with Crippen LogP contribution in [0.5, 0.6) is 0 Å². The van der Waals surface area contributed by atoms with Gasteiger partial charge in [0.1, 0.15) is 0 Å². The number of hydrogen-bond donors (Lipinski definition) is 2. The third-order valence-electron chi connectivity index (χ3n) is 4.20. The minimum absolute atomic E-state index is 0.476. The van der Waals surface area contributed by atoms with Crippen molar-refractivity contribution in [2.75, 3.05) is 11.9 Å². The van der Waals surface area contributed by atoms with Gasteiger partial charge >= 0.3 is 6.09 Å². The summed E-state index contributed by atoms with van der Waals surface area (Å²) < 4.78 is 2.29. The molecule has 5 nitrogen and oxygen atoms in total. The van der Waals surface area contributed by atoms with E-state index in [1.54, 1.807) is 0 Å². The predicted molar refractivity (Wildman–Crippen MR) is 76.8 cm³/mol. The van der Waals surface area contributed by atoms with Gasteiger partial charge in [-0.05, 0) is 6.07 Å². The zero-order valence-electron chi connectivity index (χ0n) is 11.0. The molecule has 2 aromatic rings. The summed E-state index contributed by atoms with van der Waals surface area (Å²) in [6.07, 6.45) is -0.0756. The highest BCUT2D eigenvalue weighted by molar-refractivity contribution is 5.97. The summed E-state index contributed by atoms with van der Waals surface area (Å²) >= 11 is 0. The molecule has 0 unspecified atom stereocenters. The second-order valence-corrected chi connectivity index (χ2v) is 5.40. The van der Waals surface area contributed by atoms with Gasteiger partial charge in [-0.25, -0.2) is 4.79 Å². The summed E-state index contributed by atoms with van der Waals surface area (Å²) in [5.74, 6) is 0. The number of fused-ring (bicyclic) bond motifs is 3. The van der Waals surface area contributed by atoms with E-state index < -0.39 is 6.09 Å². The van der Waals surface area contributed by atoms with Gasteiger partial charge in [0.05, 0.1) is 24.3 Å². The van der Waals surface area contributed by atoms with E-state index in [2.05, 4.69) is 22.5 Å². The molecule has 0 radical (unpaired) electrons. The van der Waals surface area contributed by atoms with Crippen molar-refractivity contribution in [2.24, 2.45) is 0 Å². The highest BCUT2D eigenvalue weighted by Crippen LogP contribution is 2.37. The number of para-hydroxylation sites is 1. The van der Waals surface area contributed by atoms with Crippen LogP contribution in [-0.4, -0.2) is 27.2 Å². The van der Waals surface area contributed by atoms with Crippen LogP contribution in [0, 0.1) is 0 Å². The number of anilines is 1. The van der Waals surface area contributed by atoms with Gasteiger partial charge in [-0.2, -0.15) is 0 Å². The lowest BCUT2D eigenvalue weighted by atomic mass is 10.0. The molecule has 0 aliphatic carbocycles. The van der Waals surface area contributed by atoms with E-state index in [0.717, 1.165) is 35.3 Å². The van der Waals surface area contributed by atoms with Gasteiger partial charge in [-0.1, -0.05) is 18.7 Å². The van der Waals surface area contributed by atoms with E-state index in [-0.39, 0.29) is 0 Å². The number of carboxylic acid groups (broad SMARTS) is 1. The second-order valence-electron chi connectivity index (χ2n) is 5.40. The van der Waals surface area contributed by atoms with Gasteiger partial charge < -0.3 is 19.9 Å². The first-order valence-electron chi connectivity index (χ1n) is 6.71. The molecule has 1 amide bonds. The molecule has 0 spiro atoms. The van der Waals surface area contributed by atoms with Crippen LogP contribution in [0.2, 0.25) is 0 Å². The molecule has 102 valence electrons. The Hall–Kier alpha value is -2.43. The van der Waals surface area contributed by atoms with E-state index in [9.17, 15) is 9.90 Å². The van der Waals surface area contributed by atoms with Crippen LogP contribution in [0.25, 0.3) is 10.9 Å². The number of carbonyl (C=O) groups is 1. The predicted octanol–water partition coefficient (Wildman–Crippen LogP) is 2.62. The van der Waals surface area contributed by atoms with Crippen molar-refractivity contribution >= 4 is 22.7 Å².